The fourth-order valence-electron chi connectivity index (χ4n) is 2.75. The van der Waals surface area contributed by atoms with Crippen molar-refractivity contribution in [1.29, 1.82) is 0 Å². The van der Waals surface area contributed by atoms with Gasteiger partial charge in [-0.25, -0.2) is 0 Å². The molecule has 2 amide bonds. The van der Waals surface area contributed by atoms with Crippen LogP contribution in [-0.4, -0.2) is 33.8 Å². The fourth-order valence-corrected chi connectivity index (χ4v) is 4.75. The maximum Gasteiger partial charge on any atom is 0.231 e. The molecule has 2 heterocycles. The van der Waals surface area contributed by atoms with Crippen LogP contribution in [0.2, 0.25) is 0 Å². The van der Waals surface area contributed by atoms with E-state index >= 15 is 0 Å². The zero-order chi connectivity index (χ0) is 18.7. The number of thioether (sulfide) groups is 1. The molecule has 6 nitrogen and oxygen atoms in total. The molecule has 0 spiro atoms. The predicted molar refractivity (Wildman–Crippen MR) is 106 cm³/mol. The van der Waals surface area contributed by atoms with Crippen molar-refractivity contribution in [2.24, 2.45) is 5.92 Å². The van der Waals surface area contributed by atoms with Gasteiger partial charge >= 0.3 is 0 Å². The second-order valence-electron chi connectivity index (χ2n) is 6.39. The third-order valence-electron chi connectivity index (χ3n) is 4.42. The van der Waals surface area contributed by atoms with E-state index in [0.29, 0.717) is 16.9 Å². The SMILES string of the molecule is CC[C@@H](C)Sc1nnc(NC(=O)[C@@H]2CC(=O)N(c3ccccc3C)C2)s1. The van der Waals surface area contributed by atoms with E-state index in [9.17, 15) is 9.59 Å². The molecule has 1 aromatic carbocycles. The standard InChI is InChI=1S/C18H22N4O2S2/c1-4-12(3)25-18-21-20-17(26-18)19-16(24)13-9-15(23)22(10-13)14-8-6-5-7-11(14)2/h5-8,12-13H,4,9-10H2,1-3H3,(H,19,20,24)/t12-,13-/m1/s1. The molecule has 8 heteroatoms. The van der Waals surface area contributed by atoms with Gasteiger partial charge in [-0.1, -0.05) is 55.1 Å². The Kier molecular flexibility index (Phi) is 5.93. The predicted octanol–water partition coefficient (Wildman–Crippen LogP) is 3.73. The Morgan fingerprint density at radius 1 is 1.42 bits per heavy atom. The summed E-state index contributed by atoms with van der Waals surface area (Å²) in [6.45, 7) is 6.61. The van der Waals surface area contributed by atoms with E-state index in [4.69, 9.17) is 0 Å². The van der Waals surface area contributed by atoms with Crippen molar-refractivity contribution in [1.82, 2.24) is 10.2 Å². The van der Waals surface area contributed by atoms with Gasteiger partial charge < -0.3 is 10.2 Å². The maximum atomic E-state index is 12.6. The number of para-hydroxylation sites is 1. The van der Waals surface area contributed by atoms with Crippen LogP contribution in [0.1, 0.15) is 32.3 Å². The average Bonchev–Trinajstić information content (AvgIpc) is 3.22. The van der Waals surface area contributed by atoms with E-state index in [1.54, 1.807) is 16.7 Å². The van der Waals surface area contributed by atoms with Gasteiger partial charge in [-0.05, 0) is 25.0 Å². The number of amides is 2. The number of nitrogens with zero attached hydrogens (tertiary/aromatic N) is 3. The van der Waals surface area contributed by atoms with E-state index in [1.165, 1.54) is 11.3 Å². The molecule has 1 aromatic heterocycles. The molecule has 2 atom stereocenters. The van der Waals surface area contributed by atoms with E-state index in [-0.39, 0.29) is 24.2 Å². The molecule has 1 aliphatic heterocycles. The molecule has 0 bridgehead atoms. The Bertz CT molecular complexity index is 808. The van der Waals surface area contributed by atoms with Crippen LogP contribution in [-0.2, 0) is 9.59 Å². The monoisotopic (exact) mass is 390 g/mol. The van der Waals surface area contributed by atoms with Crippen LogP contribution in [0.15, 0.2) is 28.6 Å². The minimum Gasteiger partial charge on any atom is -0.311 e. The van der Waals surface area contributed by atoms with Crippen molar-refractivity contribution in [3.63, 3.8) is 0 Å². The number of nitrogens with one attached hydrogen (secondary N) is 1. The second kappa shape index (κ2) is 8.18. The summed E-state index contributed by atoms with van der Waals surface area (Å²) < 4.78 is 0.846. The highest BCUT2D eigenvalue weighted by molar-refractivity contribution is 8.01. The molecule has 0 unspecified atom stereocenters. The highest BCUT2D eigenvalue weighted by Gasteiger charge is 2.36. The molecule has 0 saturated carbocycles. The normalized spacial score (nSPS) is 18.2. The molecule has 0 radical (unpaired) electrons. The van der Waals surface area contributed by atoms with Crippen LogP contribution >= 0.6 is 23.1 Å². The number of anilines is 2. The first-order valence-electron chi connectivity index (χ1n) is 8.65. The van der Waals surface area contributed by atoms with E-state index in [2.05, 4.69) is 29.4 Å². The molecule has 1 N–H and O–H groups in total. The zero-order valence-corrected chi connectivity index (χ0v) is 16.7. The highest BCUT2D eigenvalue weighted by atomic mass is 32.2. The highest BCUT2D eigenvalue weighted by Crippen LogP contribution is 2.31. The summed E-state index contributed by atoms with van der Waals surface area (Å²) in [5.74, 6) is -0.577. The minimum absolute atomic E-state index is 0.0234. The largest absolute Gasteiger partial charge is 0.311 e. The average molecular weight is 391 g/mol. The molecule has 1 aliphatic rings. The number of benzene rings is 1. The van der Waals surface area contributed by atoms with E-state index in [0.717, 1.165) is 22.0 Å². The Morgan fingerprint density at radius 3 is 2.92 bits per heavy atom. The van der Waals surface area contributed by atoms with Crippen LogP contribution in [0.5, 0.6) is 0 Å². The van der Waals surface area contributed by atoms with Gasteiger partial charge in [0.2, 0.25) is 16.9 Å². The first kappa shape index (κ1) is 18.8. The summed E-state index contributed by atoms with van der Waals surface area (Å²) in [7, 11) is 0. The summed E-state index contributed by atoms with van der Waals surface area (Å²) in [4.78, 5) is 26.6. The van der Waals surface area contributed by atoms with Crippen LogP contribution in [0.25, 0.3) is 0 Å². The van der Waals surface area contributed by atoms with E-state index in [1.807, 2.05) is 31.2 Å². The van der Waals surface area contributed by atoms with Gasteiger partial charge in [-0.15, -0.1) is 10.2 Å². The van der Waals surface area contributed by atoms with Crippen molar-refractivity contribution in [3.05, 3.63) is 29.8 Å². The van der Waals surface area contributed by atoms with Crippen molar-refractivity contribution >= 4 is 45.7 Å². The lowest BCUT2D eigenvalue weighted by Gasteiger charge is -2.18. The summed E-state index contributed by atoms with van der Waals surface area (Å²) in [5, 5.41) is 11.9. The van der Waals surface area contributed by atoms with Crippen LogP contribution in [0.4, 0.5) is 10.8 Å². The number of carbonyl (C=O) groups excluding carboxylic acids is 2. The zero-order valence-electron chi connectivity index (χ0n) is 15.1. The quantitative estimate of drug-likeness (QED) is 0.601. The Labute approximate surface area is 161 Å². The first-order chi connectivity index (χ1) is 12.5. The van der Waals surface area contributed by atoms with Crippen LogP contribution < -0.4 is 10.2 Å². The molecule has 138 valence electrons. The topological polar surface area (TPSA) is 75.2 Å². The molecule has 3 rings (SSSR count). The molecular formula is C18H22N4O2S2. The summed E-state index contributed by atoms with van der Waals surface area (Å²) in [6.07, 6.45) is 1.26. The summed E-state index contributed by atoms with van der Waals surface area (Å²) in [5.41, 5.74) is 1.90. The third kappa shape index (κ3) is 4.24. The van der Waals surface area contributed by atoms with Gasteiger partial charge in [-0.2, -0.15) is 0 Å². The summed E-state index contributed by atoms with van der Waals surface area (Å²) >= 11 is 3.03. The Morgan fingerprint density at radius 2 is 2.19 bits per heavy atom. The number of rotatable bonds is 6. The Hall–Kier alpha value is -1.93. The third-order valence-corrected chi connectivity index (χ3v) is 6.61. The number of hydrogen-bond acceptors (Lipinski definition) is 6. The minimum atomic E-state index is -0.378. The maximum absolute atomic E-state index is 12.6. The van der Waals surface area contributed by atoms with Gasteiger partial charge in [0.1, 0.15) is 0 Å². The molecule has 1 saturated heterocycles. The van der Waals surface area contributed by atoms with Crippen molar-refractivity contribution in [2.75, 3.05) is 16.8 Å². The van der Waals surface area contributed by atoms with Crippen LogP contribution in [0, 0.1) is 12.8 Å². The van der Waals surface area contributed by atoms with Crippen LogP contribution in [0.3, 0.4) is 0 Å². The molecule has 1 fully saturated rings. The molecule has 0 aliphatic carbocycles. The lowest BCUT2D eigenvalue weighted by Crippen LogP contribution is -2.28. The number of aryl methyl sites for hydroxylation is 1. The van der Waals surface area contributed by atoms with Gasteiger partial charge in [0.15, 0.2) is 4.34 Å². The first-order valence-corrected chi connectivity index (χ1v) is 10.3. The number of carbonyl (C=O) groups is 2. The van der Waals surface area contributed by atoms with Gasteiger partial charge in [-0.3, -0.25) is 9.59 Å². The van der Waals surface area contributed by atoms with Crippen molar-refractivity contribution < 1.29 is 9.59 Å². The fraction of sp³-hybridized carbons (Fsp3) is 0.444. The second-order valence-corrected chi connectivity index (χ2v) is 9.05. The van der Waals surface area contributed by atoms with Gasteiger partial charge in [0, 0.05) is 23.9 Å². The molecular weight excluding hydrogens is 368 g/mol. The number of aromatic nitrogens is 2. The molecule has 26 heavy (non-hydrogen) atoms. The van der Waals surface area contributed by atoms with Crippen molar-refractivity contribution in [3.8, 4) is 0 Å². The summed E-state index contributed by atoms with van der Waals surface area (Å²) in [6, 6.07) is 7.72. The van der Waals surface area contributed by atoms with E-state index < -0.39 is 0 Å². The lowest BCUT2D eigenvalue weighted by atomic mass is 10.1. The smallest absolute Gasteiger partial charge is 0.231 e. The molecule has 2 aromatic rings. The number of hydrogen-bond donors (Lipinski definition) is 1. The Balaban J connectivity index is 1.63. The van der Waals surface area contributed by atoms with Gasteiger partial charge in [0.05, 0.1) is 5.92 Å². The lowest BCUT2D eigenvalue weighted by molar-refractivity contribution is -0.122. The van der Waals surface area contributed by atoms with Gasteiger partial charge in [0.25, 0.3) is 0 Å². The van der Waals surface area contributed by atoms with Crippen molar-refractivity contribution in [2.45, 2.75) is 43.2 Å².